The van der Waals surface area contributed by atoms with Gasteiger partial charge in [-0.05, 0) is 24.6 Å². The molecule has 0 spiro atoms. The smallest absolute Gasteiger partial charge is 0.232 e. The second kappa shape index (κ2) is 3.49. The molecule has 2 atom stereocenters. The van der Waals surface area contributed by atoms with Gasteiger partial charge in [0.1, 0.15) is 0 Å². The molecule has 2 aliphatic rings. The van der Waals surface area contributed by atoms with E-state index in [4.69, 9.17) is 4.74 Å². The number of aryl methyl sites for hydroxylation is 1. The number of ether oxygens (including phenoxy) is 1. The van der Waals surface area contributed by atoms with Crippen molar-refractivity contribution in [2.75, 3.05) is 23.8 Å². The van der Waals surface area contributed by atoms with Crippen LogP contribution in [0.2, 0.25) is 0 Å². The molecule has 0 aromatic heterocycles. The average Bonchev–Trinajstić information content (AvgIpc) is 2.65. The van der Waals surface area contributed by atoms with Crippen molar-refractivity contribution >= 4 is 17.3 Å². The van der Waals surface area contributed by atoms with Crippen molar-refractivity contribution in [1.82, 2.24) is 0 Å². The fourth-order valence-electron chi connectivity index (χ4n) is 2.27. The van der Waals surface area contributed by atoms with Gasteiger partial charge < -0.3 is 15.4 Å². The standard InChI is InChI=1S/C12H14N2O2/c1-7-2-3-9-10(4-7)13-11-6-16-5-8(11)12(15)14-9/h2-4,8,11,13H,5-6H2,1H3,(H,14,15). The molecule has 16 heavy (non-hydrogen) atoms. The minimum atomic E-state index is -0.0762. The van der Waals surface area contributed by atoms with Crippen molar-refractivity contribution < 1.29 is 9.53 Å². The molecule has 1 saturated heterocycles. The van der Waals surface area contributed by atoms with E-state index in [1.165, 1.54) is 5.56 Å². The normalized spacial score (nSPS) is 27.4. The van der Waals surface area contributed by atoms with Crippen LogP contribution in [0.15, 0.2) is 18.2 Å². The highest BCUT2D eigenvalue weighted by atomic mass is 16.5. The molecule has 0 aliphatic carbocycles. The molecule has 1 aromatic rings. The summed E-state index contributed by atoms with van der Waals surface area (Å²) in [6.45, 7) is 3.15. The number of amides is 1. The minimum absolute atomic E-state index is 0.0533. The molecule has 2 heterocycles. The molecule has 1 aromatic carbocycles. The highest BCUT2D eigenvalue weighted by Crippen LogP contribution is 2.31. The van der Waals surface area contributed by atoms with Crippen LogP contribution >= 0.6 is 0 Å². The Labute approximate surface area is 94.0 Å². The lowest BCUT2D eigenvalue weighted by Crippen LogP contribution is -2.33. The lowest BCUT2D eigenvalue weighted by Gasteiger charge is -2.14. The summed E-state index contributed by atoms with van der Waals surface area (Å²) in [7, 11) is 0. The third kappa shape index (κ3) is 1.46. The molecule has 0 radical (unpaired) electrons. The molecule has 4 nitrogen and oxygen atoms in total. The Morgan fingerprint density at radius 3 is 3.06 bits per heavy atom. The van der Waals surface area contributed by atoms with Crippen LogP contribution in [-0.2, 0) is 9.53 Å². The topological polar surface area (TPSA) is 50.4 Å². The van der Waals surface area contributed by atoms with Crippen LogP contribution in [0.4, 0.5) is 11.4 Å². The van der Waals surface area contributed by atoms with E-state index in [-0.39, 0.29) is 17.9 Å². The van der Waals surface area contributed by atoms with Gasteiger partial charge in [0.25, 0.3) is 0 Å². The van der Waals surface area contributed by atoms with Gasteiger partial charge in [0, 0.05) is 0 Å². The second-order valence-corrected chi connectivity index (χ2v) is 4.43. The van der Waals surface area contributed by atoms with Crippen LogP contribution in [-0.4, -0.2) is 25.2 Å². The first-order valence-corrected chi connectivity index (χ1v) is 5.50. The predicted octanol–water partition coefficient (Wildman–Crippen LogP) is 1.37. The Morgan fingerprint density at radius 2 is 2.19 bits per heavy atom. The summed E-state index contributed by atoms with van der Waals surface area (Å²) in [5.41, 5.74) is 3.04. The number of carbonyl (C=O) groups excluding carboxylic acids is 1. The predicted molar refractivity (Wildman–Crippen MR) is 61.5 cm³/mol. The molecule has 2 aliphatic heterocycles. The molecule has 3 rings (SSSR count). The van der Waals surface area contributed by atoms with Crippen LogP contribution < -0.4 is 10.6 Å². The quantitative estimate of drug-likeness (QED) is 0.691. The zero-order valence-electron chi connectivity index (χ0n) is 9.12. The Hall–Kier alpha value is -1.55. The molecule has 2 N–H and O–H groups in total. The maximum absolute atomic E-state index is 11.9. The van der Waals surface area contributed by atoms with Gasteiger partial charge in [0.15, 0.2) is 0 Å². The number of hydrogen-bond donors (Lipinski definition) is 2. The zero-order valence-corrected chi connectivity index (χ0v) is 9.12. The molecule has 0 bridgehead atoms. The van der Waals surface area contributed by atoms with Crippen molar-refractivity contribution in [2.45, 2.75) is 13.0 Å². The molecule has 84 valence electrons. The van der Waals surface area contributed by atoms with Crippen LogP contribution in [0.25, 0.3) is 0 Å². The fraction of sp³-hybridized carbons (Fsp3) is 0.417. The van der Waals surface area contributed by atoms with Crippen molar-refractivity contribution in [3.8, 4) is 0 Å². The Kier molecular flexibility index (Phi) is 2.11. The summed E-state index contributed by atoms with van der Waals surface area (Å²) in [6, 6.07) is 6.09. The first-order valence-electron chi connectivity index (χ1n) is 5.50. The van der Waals surface area contributed by atoms with E-state index in [2.05, 4.69) is 16.7 Å². The van der Waals surface area contributed by atoms with Gasteiger partial charge in [-0.25, -0.2) is 0 Å². The van der Waals surface area contributed by atoms with Gasteiger partial charge in [-0.3, -0.25) is 4.79 Å². The number of benzene rings is 1. The lowest BCUT2D eigenvalue weighted by molar-refractivity contribution is -0.119. The molecular weight excluding hydrogens is 204 g/mol. The van der Waals surface area contributed by atoms with Gasteiger partial charge >= 0.3 is 0 Å². The summed E-state index contributed by atoms with van der Waals surface area (Å²) in [6.07, 6.45) is 0. The molecule has 4 heteroatoms. The largest absolute Gasteiger partial charge is 0.378 e. The first-order chi connectivity index (χ1) is 7.74. The van der Waals surface area contributed by atoms with E-state index in [0.717, 1.165) is 11.4 Å². The number of hydrogen-bond acceptors (Lipinski definition) is 3. The van der Waals surface area contributed by atoms with Crippen molar-refractivity contribution in [3.05, 3.63) is 23.8 Å². The van der Waals surface area contributed by atoms with Gasteiger partial charge in [0.2, 0.25) is 5.91 Å². The minimum Gasteiger partial charge on any atom is -0.378 e. The summed E-state index contributed by atoms with van der Waals surface area (Å²) in [5.74, 6) is -0.0229. The molecule has 1 fully saturated rings. The van der Waals surface area contributed by atoms with E-state index < -0.39 is 0 Å². The maximum Gasteiger partial charge on any atom is 0.232 e. The van der Waals surface area contributed by atoms with E-state index >= 15 is 0 Å². The Morgan fingerprint density at radius 1 is 1.31 bits per heavy atom. The van der Waals surface area contributed by atoms with Crippen molar-refractivity contribution in [2.24, 2.45) is 5.92 Å². The van der Waals surface area contributed by atoms with E-state index in [9.17, 15) is 4.79 Å². The number of nitrogens with one attached hydrogen (secondary N) is 2. The van der Waals surface area contributed by atoms with E-state index in [1.54, 1.807) is 0 Å². The van der Waals surface area contributed by atoms with E-state index in [0.29, 0.717) is 13.2 Å². The van der Waals surface area contributed by atoms with Gasteiger partial charge in [-0.15, -0.1) is 0 Å². The fourth-order valence-corrected chi connectivity index (χ4v) is 2.27. The summed E-state index contributed by atoms with van der Waals surface area (Å²) in [4.78, 5) is 11.9. The molecule has 2 unspecified atom stereocenters. The van der Waals surface area contributed by atoms with Crippen LogP contribution in [0, 0.1) is 12.8 Å². The number of carbonyl (C=O) groups is 1. The highest BCUT2D eigenvalue weighted by molar-refractivity contribution is 5.98. The van der Waals surface area contributed by atoms with Crippen LogP contribution in [0.5, 0.6) is 0 Å². The van der Waals surface area contributed by atoms with E-state index in [1.807, 2.05) is 19.1 Å². The Bertz CT molecular complexity index is 445. The average molecular weight is 218 g/mol. The third-order valence-corrected chi connectivity index (χ3v) is 3.19. The van der Waals surface area contributed by atoms with Crippen molar-refractivity contribution in [1.29, 1.82) is 0 Å². The molecule has 1 amide bonds. The van der Waals surface area contributed by atoms with Gasteiger partial charge in [-0.1, -0.05) is 6.07 Å². The van der Waals surface area contributed by atoms with Crippen LogP contribution in [0.3, 0.4) is 0 Å². The third-order valence-electron chi connectivity index (χ3n) is 3.19. The monoisotopic (exact) mass is 218 g/mol. The zero-order chi connectivity index (χ0) is 11.1. The lowest BCUT2D eigenvalue weighted by atomic mass is 10.0. The number of anilines is 2. The van der Waals surface area contributed by atoms with Crippen LogP contribution in [0.1, 0.15) is 5.56 Å². The van der Waals surface area contributed by atoms with Gasteiger partial charge in [0.05, 0.1) is 36.5 Å². The highest BCUT2D eigenvalue weighted by Gasteiger charge is 2.36. The Balaban J connectivity index is 2.01. The number of fused-ring (bicyclic) bond motifs is 2. The number of rotatable bonds is 0. The van der Waals surface area contributed by atoms with Gasteiger partial charge in [-0.2, -0.15) is 0 Å². The molecule has 0 saturated carbocycles. The molecular formula is C12H14N2O2. The van der Waals surface area contributed by atoms with Crippen molar-refractivity contribution in [3.63, 3.8) is 0 Å². The maximum atomic E-state index is 11.9. The SMILES string of the molecule is Cc1ccc2c(c1)NC1COCC1C(=O)N2. The summed E-state index contributed by atoms with van der Waals surface area (Å²) < 4.78 is 5.34. The summed E-state index contributed by atoms with van der Waals surface area (Å²) in [5, 5.41) is 6.32. The summed E-state index contributed by atoms with van der Waals surface area (Å²) >= 11 is 0. The first kappa shape index (κ1) is 9.66. The second-order valence-electron chi connectivity index (χ2n) is 4.43.